The van der Waals surface area contributed by atoms with Crippen molar-refractivity contribution in [3.05, 3.63) is 153 Å². The van der Waals surface area contributed by atoms with Gasteiger partial charge >= 0.3 is 14.0 Å². The third kappa shape index (κ3) is 5.81. The lowest BCUT2D eigenvalue weighted by Crippen LogP contribution is -2.47. The van der Waals surface area contributed by atoms with Gasteiger partial charge in [-0.1, -0.05) is 107 Å². The molecule has 46 heavy (non-hydrogen) atoms. The Kier molecular flexibility index (Phi) is 7.94. The molecule has 0 saturated heterocycles. The number of anilines is 4. The van der Waals surface area contributed by atoms with Gasteiger partial charge in [-0.05, 0) is 68.2 Å². The molecule has 0 radical (unpaired) electrons. The number of azide groups is 2. The summed E-state index contributed by atoms with van der Waals surface area (Å²) in [4.78, 5) is 5.58. The molecule has 0 spiro atoms. The summed E-state index contributed by atoms with van der Waals surface area (Å²) < 4.78 is 0. The maximum absolute atomic E-state index is 8.39. The van der Waals surface area contributed by atoms with Gasteiger partial charge in [-0.3, -0.25) is 0 Å². The van der Waals surface area contributed by atoms with Crippen LogP contribution in [0.4, 0.5) is 22.7 Å². The van der Waals surface area contributed by atoms with E-state index in [0.29, 0.717) is 13.1 Å². The summed E-state index contributed by atoms with van der Waals surface area (Å²) in [5.41, 5.74) is 25.6. The molecule has 0 unspecified atom stereocenters. The van der Waals surface area contributed by atoms with Crippen LogP contribution in [0.25, 0.3) is 42.4 Å². The van der Waals surface area contributed by atoms with Gasteiger partial charge in [0.1, 0.15) is 0 Å². The van der Waals surface area contributed by atoms with Gasteiger partial charge in [0.05, 0.1) is 13.1 Å². The summed E-state index contributed by atoms with van der Waals surface area (Å²) in [6, 6.07) is 41.4. The molecule has 2 heterocycles. The maximum atomic E-state index is 8.39. The molecule has 6 aromatic carbocycles. The summed E-state index contributed by atoms with van der Waals surface area (Å²) in [6.45, 7) is 0.794. The Bertz CT molecular complexity index is 1910. The summed E-state index contributed by atoms with van der Waals surface area (Å²) in [7, 11) is 0. The van der Waals surface area contributed by atoms with Crippen molar-refractivity contribution in [2.75, 3.05) is 20.9 Å². The zero-order chi connectivity index (χ0) is 31.3. The van der Waals surface area contributed by atoms with Gasteiger partial charge in [-0.25, -0.2) is 0 Å². The lowest BCUT2D eigenvalue weighted by Gasteiger charge is -2.26. The van der Waals surface area contributed by atoms with Crippen LogP contribution < -0.4 is 31.8 Å². The van der Waals surface area contributed by atoms with Crippen molar-refractivity contribution in [1.29, 1.82) is 0 Å². The van der Waals surface area contributed by atoms with Crippen molar-refractivity contribution in [2.24, 2.45) is 10.2 Å². The van der Waals surface area contributed by atoms with E-state index in [-0.39, 0.29) is 14.0 Å². The van der Waals surface area contributed by atoms with E-state index in [4.69, 9.17) is 11.1 Å². The minimum Gasteiger partial charge on any atom is -0.405 e. The predicted octanol–water partition coefficient (Wildman–Crippen LogP) is 7.77. The molecule has 0 fully saturated rings. The second-order valence-electron chi connectivity index (χ2n) is 11.1. The fourth-order valence-electron chi connectivity index (χ4n) is 6.05. The van der Waals surface area contributed by atoms with E-state index in [1.54, 1.807) is 0 Å². The van der Waals surface area contributed by atoms with Crippen LogP contribution in [0.2, 0.25) is 0 Å². The first-order valence-electron chi connectivity index (χ1n) is 15.0. The molecule has 0 atom stereocenters. The number of nitrogens with zero attached hydrogens (tertiary/aromatic N) is 6. The number of benzene rings is 6. The van der Waals surface area contributed by atoms with Crippen LogP contribution in [0.1, 0.15) is 11.1 Å². The first-order chi connectivity index (χ1) is 22.7. The minimum atomic E-state index is 0.0176. The van der Waals surface area contributed by atoms with E-state index in [1.807, 2.05) is 24.3 Å². The highest BCUT2D eigenvalue weighted by Gasteiger charge is 2.26. The van der Waals surface area contributed by atoms with Crippen molar-refractivity contribution >= 4 is 69.2 Å². The van der Waals surface area contributed by atoms with Gasteiger partial charge in [0.25, 0.3) is 0 Å². The largest absolute Gasteiger partial charge is 0.406 e. The average molecular weight is 598 g/mol. The van der Waals surface area contributed by atoms with Gasteiger partial charge in [0, 0.05) is 43.3 Å². The van der Waals surface area contributed by atoms with Crippen LogP contribution in [-0.2, 0) is 13.1 Å². The quantitative estimate of drug-likeness (QED) is 0.0672. The molecule has 0 amide bonds. The Labute approximate surface area is 266 Å². The van der Waals surface area contributed by atoms with Crippen LogP contribution in [0.3, 0.4) is 0 Å². The van der Waals surface area contributed by atoms with Crippen LogP contribution in [0, 0.1) is 0 Å². The van der Waals surface area contributed by atoms with Crippen molar-refractivity contribution in [3.63, 3.8) is 0 Å². The van der Waals surface area contributed by atoms with Crippen molar-refractivity contribution in [2.45, 2.75) is 13.1 Å². The molecule has 12 heteroatoms. The summed E-state index contributed by atoms with van der Waals surface area (Å²) in [6.07, 6.45) is 0. The predicted molar refractivity (Wildman–Crippen MR) is 192 cm³/mol. The Morgan fingerprint density at radius 1 is 0.457 bits per heavy atom. The van der Waals surface area contributed by atoms with Crippen LogP contribution in [0.15, 0.2) is 132 Å². The molecule has 0 aliphatic carbocycles. The molecular formula is C34H28B2N10. The van der Waals surface area contributed by atoms with Gasteiger partial charge < -0.3 is 20.9 Å². The molecule has 10 nitrogen and oxygen atoms in total. The lowest BCUT2D eigenvalue weighted by atomic mass is 9.66. The number of nitrogens with one attached hydrogen (secondary N) is 4. The molecule has 4 N–H and O–H groups in total. The summed E-state index contributed by atoms with van der Waals surface area (Å²) >= 11 is 0. The first-order valence-corrected chi connectivity index (χ1v) is 15.0. The van der Waals surface area contributed by atoms with Gasteiger partial charge in [-0.2, -0.15) is 0 Å². The molecule has 8 rings (SSSR count). The third-order valence-corrected chi connectivity index (χ3v) is 8.27. The zero-order valence-corrected chi connectivity index (χ0v) is 24.8. The topological polar surface area (TPSA) is 146 Å². The minimum absolute atomic E-state index is 0.0176. The maximum Gasteiger partial charge on any atom is 0.406 e. The molecule has 220 valence electrons. The standard InChI is InChI=1S/2C17H14BN5/c2*19-23-20-11-12-7-9-14(10-8-12)18-21-15-5-1-3-13-4-2-6-16(22-18)17(13)15/h2*1-10,21-22H,11H2. The highest BCUT2D eigenvalue weighted by molar-refractivity contribution is 6.80. The molecule has 2 aliphatic heterocycles. The van der Waals surface area contributed by atoms with E-state index in [2.05, 4.69) is 138 Å². The molecule has 0 aromatic heterocycles. The molecule has 0 saturated carbocycles. The zero-order valence-electron chi connectivity index (χ0n) is 24.8. The number of hydrogen-bond donors (Lipinski definition) is 4. The lowest BCUT2D eigenvalue weighted by molar-refractivity contribution is 1.05. The average Bonchev–Trinajstić information content (AvgIpc) is 3.11. The van der Waals surface area contributed by atoms with E-state index in [0.717, 1.165) is 44.8 Å². The van der Waals surface area contributed by atoms with Crippen molar-refractivity contribution in [1.82, 2.24) is 0 Å². The van der Waals surface area contributed by atoms with Gasteiger partial charge in [0.15, 0.2) is 0 Å². The van der Waals surface area contributed by atoms with Crippen LogP contribution in [0.5, 0.6) is 0 Å². The third-order valence-electron chi connectivity index (χ3n) is 8.27. The normalized spacial score (nSPS) is 12.3. The second-order valence-corrected chi connectivity index (χ2v) is 11.1. The fraction of sp³-hybridized carbons (Fsp3) is 0.0588. The smallest absolute Gasteiger partial charge is 0.405 e. The number of rotatable bonds is 6. The highest BCUT2D eigenvalue weighted by Crippen LogP contribution is 2.35. The monoisotopic (exact) mass is 598 g/mol. The number of hydrogen-bond acceptors (Lipinski definition) is 6. The SMILES string of the molecule is [N-]=[N+]=NCc1ccc(B2Nc3cccc4cccc(c34)N2)cc1.[N-]=[N+]=NCc1ccc(B2Nc3cccc4cccc(c34)N2)cc1. The first kappa shape index (κ1) is 28.6. The van der Waals surface area contributed by atoms with E-state index >= 15 is 0 Å². The Morgan fingerprint density at radius 2 is 0.783 bits per heavy atom. The van der Waals surface area contributed by atoms with E-state index in [9.17, 15) is 0 Å². The summed E-state index contributed by atoms with van der Waals surface area (Å²) in [5, 5.41) is 26.3. The van der Waals surface area contributed by atoms with Crippen molar-refractivity contribution < 1.29 is 0 Å². The van der Waals surface area contributed by atoms with E-state index in [1.165, 1.54) is 21.5 Å². The van der Waals surface area contributed by atoms with Gasteiger partial charge in [-0.15, -0.1) is 0 Å². The molecule has 0 bridgehead atoms. The molecule has 2 aliphatic rings. The summed E-state index contributed by atoms with van der Waals surface area (Å²) in [5.74, 6) is 0. The van der Waals surface area contributed by atoms with Gasteiger partial charge in [0.2, 0.25) is 0 Å². The highest BCUT2D eigenvalue weighted by atomic mass is 15.1. The van der Waals surface area contributed by atoms with Crippen LogP contribution >= 0.6 is 0 Å². The molecule has 6 aromatic rings. The van der Waals surface area contributed by atoms with Crippen LogP contribution in [-0.4, -0.2) is 14.0 Å². The second kappa shape index (κ2) is 12.8. The van der Waals surface area contributed by atoms with Crippen molar-refractivity contribution in [3.8, 4) is 0 Å². The Hall–Kier alpha value is -6.21. The fourth-order valence-corrected chi connectivity index (χ4v) is 6.05. The Morgan fingerprint density at radius 3 is 1.09 bits per heavy atom. The van der Waals surface area contributed by atoms with E-state index < -0.39 is 0 Å². The molecular weight excluding hydrogens is 570 g/mol. The Balaban J connectivity index is 0.000000147.